The summed E-state index contributed by atoms with van der Waals surface area (Å²) in [5, 5.41) is 9.19. The Morgan fingerprint density at radius 2 is 2.09 bits per heavy atom. The van der Waals surface area contributed by atoms with Crippen LogP contribution in [-0.4, -0.2) is 16.5 Å². The molecule has 0 amide bonds. The van der Waals surface area contributed by atoms with E-state index in [0.717, 1.165) is 0 Å². The molecule has 0 saturated heterocycles. The summed E-state index contributed by atoms with van der Waals surface area (Å²) in [5.74, 6) is 5.31. The Labute approximate surface area is 67.6 Å². The topological polar surface area (TPSA) is 37.3 Å². The molecule has 0 radical (unpaired) electrons. The molecular weight excluding hydrogens is 140 g/mol. The van der Waals surface area contributed by atoms with Gasteiger partial charge in [-0.2, -0.15) is 0 Å². The second kappa shape index (κ2) is 4.15. The maximum absolute atomic E-state index is 11.0. The van der Waals surface area contributed by atoms with Crippen LogP contribution in [0.1, 0.15) is 33.6 Å². The monoisotopic (exact) mass is 154 g/mol. The molecule has 0 fully saturated rings. The van der Waals surface area contributed by atoms with E-state index in [1.54, 1.807) is 6.92 Å². The number of Topliss-reactive ketones (excluding diaryl/α,β-unsaturated/α-hetero) is 1. The zero-order valence-electron chi connectivity index (χ0n) is 7.27. The molecule has 0 aromatic heterocycles. The van der Waals surface area contributed by atoms with Crippen LogP contribution in [0.15, 0.2) is 0 Å². The lowest BCUT2D eigenvalue weighted by atomic mass is 10.00. The van der Waals surface area contributed by atoms with Gasteiger partial charge in [0.1, 0.15) is 5.60 Å². The number of hydrogen-bond donors (Lipinski definition) is 1. The van der Waals surface area contributed by atoms with Gasteiger partial charge in [-0.1, -0.05) is 0 Å². The SMILES string of the molecule is CC#CCCC(=O)C(C)(C)O. The number of rotatable bonds is 3. The molecule has 0 unspecified atom stereocenters. The minimum absolute atomic E-state index is 0.153. The van der Waals surface area contributed by atoms with Gasteiger partial charge in [0.15, 0.2) is 5.78 Å². The Morgan fingerprint density at radius 3 is 2.45 bits per heavy atom. The Hall–Kier alpha value is -0.810. The lowest BCUT2D eigenvalue weighted by molar-refractivity contribution is -0.133. The fourth-order valence-electron chi connectivity index (χ4n) is 0.607. The second-order valence-corrected chi connectivity index (χ2v) is 2.91. The molecule has 11 heavy (non-hydrogen) atoms. The molecule has 2 heteroatoms. The van der Waals surface area contributed by atoms with Crippen molar-refractivity contribution in [3.63, 3.8) is 0 Å². The molecule has 0 aliphatic rings. The molecule has 0 aliphatic carbocycles. The van der Waals surface area contributed by atoms with Gasteiger partial charge in [0.2, 0.25) is 0 Å². The van der Waals surface area contributed by atoms with E-state index in [9.17, 15) is 9.90 Å². The third-order valence-corrected chi connectivity index (χ3v) is 1.34. The predicted molar refractivity (Wildman–Crippen MR) is 44.0 cm³/mol. The van der Waals surface area contributed by atoms with E-state index in [1.165, 1.54) is 13.8 Å². The van der Waals surface area contributed by atoms with Gasteiger partial charge < -0.3 is 5.11 Å². The van der Waals surface area contributed by atoms with E-state index in [-0.39, 0.29) is 5.78 Å². The highest BCUT2D eigenvalue weighted by atomic mass is 16.3. The van der Waals surface area contributed by atoms with Crippen LogP contribution < -0.4 is 0 Å². The van der Waals surface area contributed by atoms with Crippen molar-refractivity contribution in [1.82, 2.24) is 0 Å². The summed E-state index contributed by atoms with van der Waals surface area (Å²) in [6, 6.07) is 0. The van der Waals surface area contributed by atoms with Crippen LogP contribution in [0.25, 0.3) is 0 Å². The average Bonchev–Trinajstić information content (AvgIpc) is 1.86. The van der Waals surface area contributed by atoms with Crippen molar-refractivity contribution in [3.8, 4) is 11.8 Å². The third-order valence-electron chi connectivity index (χ3n) is 1.34. The molecule has 0 aliphatic heterocycles. The lowest BCUT2D eigenvalue weighted by Crippen LogP contribution is -2.30. The van der Waals surface area contributed by atoms with Gasteiger partial charge in [-0.3, -0.25) is 4.79 Å². The van der Waals surface area contributed by atoms with Crippen molar-refractivity contribution in [2.45, 2.75) is 39.2 Å². The highest BCUT2D eigenvalue weighted by Gasteiger charge is 2.21. The first-order chi connectivity index (χ1) is 4.98. The quantitative estimate of drug-likeness (QED) is 0.619. The molecule has 0 aromatic rings. The van der Waals surface area contributed by atoms with Gasteiger partial charge in [0, 0.05) is 12.8 Å². The standard InChI is InChI=1S/C9H14O2/c1-4-5-6-7-8(10)9(2,3)11/h11H,6-7H2,1-3H3. The number of carbonyl (C=O) groups excluding carboxylic acids is 1. The minimum Gasteiger partial charge on any atom is -0.383 e. The van der Waals surface area contributed by atoms with Gasteiger partial charge in [-0.25, -0.2) is 0 Å². The summed E-state index contributed by atoms with van der Waals surface area (Å²) in [6.45, 7) is 4.72. The first-order valence-corrected chi connectivity index (χ1v) is 3.63. The van der Waals surface area contributed by atoms with Gasteiger partial charge in [-0.15, -0.1) is 11.8 Å². The van der Waals surface area contributed by atoms with E-state index < -0.39 is 5.60 Å². The number of ketones is 1. The minimum atomic E-state index is -1.20. The highest BCUT2D eigenvalue weighted by molar-refractivity contribution is 5.86. The van der Waals surface area contributed by atoms with Crippen LogP contribution in [0.2, 0.25) is 0 Å². The molecule has 0 atom stereocenters. The van der Waals surface area contributed by atoms with Crippen molar-refractivity contribution in [3.05, 3.63) is 0 Å². The molecule has 0 heterocycles. The van der Waals surface area contributed by atoms with Gasteiger partial charge in [-0.05, 0) is 20.8 Å². The molecule has 1 N–H and O–H groups in total. The zero-order chi connectivity index (χ0) is 8.91. The van der Waals surface area contributed by atoms with Gasteiger partial charge >= 0.3 is 0 Å². The predicted octanol–water partition coefficient (Wildman–Crippen LogP) is 1.13. The molecule has 62 valence electrons. The van der Waals surface area contributed by atoms with E-state index >= 15 is 0 Å². The summed E-state index contributed by atoms with van der Waals surface area (Å²) < 4.78 is 0. The van der Waals surface area contributed by atoms with Crippen LogP contribution in [0.5, 0.6) is 0 Å². The fourth-order valence-corrected chi connectivity index (χ4v) is 0.607. The molecule has 0 rings (SSSR count). The van der Waals surface area contributed by atoms with Gasteiger partial charge in [0.05, 0.1) is 0 Å². The first-order valence-electron chi connectivity index (χ1n) is 3.63. The van der Waals surface area contributed by atoms with Crippen molar-refractivity contribution in [2.24, 2.45) is 0 Å². The van der Waals surface area contributed by atoms with E-state index in [1.807, 2.05) is 0 Å². The average molecular weight is 154 g/mol. The summed E-state index contributed by atoms with van der Waals surface area (Å²) in [5.41, 5.74) is -1.20. The van der Waals surface area contributed by atoms with Crippen LogP contribution >= 0.6 is 0 Å². The second-order valence-electron chi connectivity index (χ2n) is 2.91. The Kier molecular flexibility index (Phi) is 3.84. The van der Waals surface area contributed by atoms with Crippen LogP contribution in [0.4, 0.5) is 0 Å². The van der Waals surface area contributed by atoms with Crippen molar-refractivity contribution >= 4 is 5.78 Å². The van der Waals surface area contributed by atoms with Crippen LogP contribution in [-0.2, 0) is 4.79 Å². The zero-order valence-corrected chi connectivity index (χ0v) is 7.27. The first kappa shape index (κ1) is 10.2. The fraction of sp³-hybridized carbons (Fsp3) is 0.667. The lowest BCUT2D eigenvalue weighted by Gasteiger charge is -2.13. The number of hydrogen-bond acceptors (Lipinski definition) is 2. The maximum atomic E-state index is 11.0. The van der Waals surface area contributed by atoms with Crippen molar-refractivity contribution < 1.29 is 9.90 Å². The Bertz CT molecular complexity index is 188. The van der Waals surface area contributed by atoms with Crippen LogP contribution in [0.3, 0.4) is 0 Å². The molecule has 0 aromatic carbocycles. The number of aliphatic hydroxyl groups is 1. The molecule has 2 nitrogen and oxygen atoms in total. The van der Waals surface area contributed by atoms with Crippen molar-refractivity contribution in [2.75, 3.05) is 0 Å². The summed E-state index contributed by atoms with van der Waals surface area (Å²) in [7, 11) is 0. The molecule has 0 bridgehead atoms. The van der Waals surface area contributed by atoms with E-state index in [4.69, 9.17) is 0 Å². The molecule has 0 saturated carbocycles. The molecular formula is C9H14O2. The maximum Gasteiger partial charge on any atom is 0.164 e. The van der Waals surface area contributed by atoms with E-state index in [2.05, 4.69) is 11.8 Å². The number of carbonyl (C=O) groups is 1. The Balaban J connectivity index is 3.77. The Morgan fingerprint density at radius 1 is 1.55 bits per heavy atom. The van der Waals surface area contributed by atoms with Crippen molar-refractivity contribution in [1.29, 1.82) is 0 Å². The molecule has 0 spiro atoms. The smallest absolute Gasteiger partial charge is 0.164 e. The van der Waals surface area contributed by atoms with Crippen LogP contribution in [0, 0.1) is 11.8 Å². The summed E-state index contributed by atoms with van der Waals surface area (Å²) in [6.07, 6.45) is 0.879. The highest BCUT2D eigenvalue weighted by Crippen LogP contribution is 2.06. The third kappa shape index (κ3) is 4.58. The summed E-state index contributed by atoms with van der Waals surface area (Å²) in [4.78, 5) is 11.0. The van der Waals surface area contributed by atoms with Gasteiger partial charge in [0.25, 0.3) is 0 Å². The summed E-state index contributed by atoms with van der Waals surface area (Å²) >= 11 is 0. The largest absolute Gasteiger partial charge is 0.383 e. The normalized spacial score (nSPS) is 10.2. The van der Waals surface area contributed by atoms with E-state index in [0.29, 0.717) is 12.8 Å².